The second-order valence-corrected chi connectivity index (χ2v) is 10.7. The second-order valence-electron chi connectivity index (χ2n) is 10.7. The van der Waals surface area contributed by atoms with Crippen molar-refractivity contribution in [1.82, 2.24) is 10.6 Å². The first-order valence-electron chi connectivity index (χ1n) is 9.02. The van der Waals surface area contributed by atoms with Crippen molar-refractivity contribution < 1.29 is 0 Å². The molecule has 0 spiro atoms. The molecule has 0 rings (SSSR count). The van der Waals surface area contributed by atoms with E-state index in [0.29, 0.717) is 17.5 Å². The van der Waals surface area contributed by atoms with Crippen molar-refractivity contribution in [3.05, 3.63) is 0 Å². The van der Waals surface area contributed by atoms with Gasteiger partial charge < -0.3 is 10.6 Å². The van der Waals surface area contributed by atoms with Crippen molar-refractivity contribution >= 4 is 0 Å². The van der Waals surface area contributed by atoms with Crippen LogP contribution in [0.15, 0.2) is 0 Å². The van der Waals surface area contributed by atoms with Crippen LogP contribution < -0.4 is 10.6 Å². The molecule has 0 amide bonds. The Kier molecular flexibility index (Phi) is 7.19. The number of rotatable bonds is 7. The van der Waals surface area contributed by atoms with Crippen LogP contribution in [-0.2, 0) is 0 Å². The zero-order valence-corrected chi connectivity index (χ0v) is 17.6. The van der Waals surface area contributed by atoms with E-state index in [9.17, 15) is 0 Å². The molecule has 0 saturated carbocycles. The first-order valence-corrected chi connectivity index (χ1v) is 9.02. The highest BCUT2D eigenvalue weighted by Gasteiger charge is 2.32. The van der Waals surface area contributed by atoms with E-state index in [-0.39, 0.29) is 16.5 Å². The monoisotopic (exact) mass is 312 g/mol. The van der Waals surface area contributed by atoms with Crippen LogP contribution in [0.1, 0.15) is 95.9 Å². The average molecular weight is 313 g/mol. The van der Waals surface area contributed by atoms with E-state index in [1.165, 1.54) is 12.8 Å². The van der Waals surface area contributed by atoms with Gasteiger partial charge in [-0.3, -0.25) is 0 Å². The fraction of sp³-hybridized carbons (Fsp3) is 1.00. The molecule has 0 aliphatic heterocycles. The van der Waals surface area contributed by atoms with E-state index in [1.54, 1.807) is 0 Å². The molecule has 0 bridgehead atoms. The molecule has 0 aromatic carbocycles. The Hall–Kier alpha value is -0.0800. The molecule has 2 nitrogen and oxygen atoms in total. The highest BCUT2D eigenvalue weighted by Crippen LogP contribution is 2.32. The van der Waals surface area contributed by atoms with Crippen LogP contribution >= 0.6 is 0 Å². The topological polar surface area (TPSA) is 24.1 Å². The largest absolute Gasteiger partial charge is 0.309 e. The SMILES string of the molecule is C[C@H](NC(C)(C)C)C(C)(C)CCC(C)(C)N[C@H](C)C(C)(C)C. The van der Waals surface area contributed by atoms with Gasteiger partial charge in [-0.05, 0) is 72.1 Å². The zero-order valence-electron chi connectivity index (χ0n) is 17.6. The summed E-state index contributed by atoms with van der Waals surface area (Å²) < 4.78 is 0. The van der Waals surface area contributed by atoms with Crippen LogP contribution in [0.5, 0.6) is 0 Å². The maximum Gasteiger partial charge on any atom is 0.0128 e. The van der Waals surface area contributed by atoms with Crippen LogP contribution in [0.3, 0.4) is 0 Å². The lowest BCUT2D eigenvalue weighted by molar-refractivity contribution is 0.160. The summed E-state index contributed by atoms with van der Waals surface area (Å²) in [5.74, 6) is 0. The summed E-state index contributed by atoms with van der Waals surface area (Å²) in [4.78, 5) is 0. The molecule has 2 heteroatoms. The van der Waals surface area contributed by atoms with Crippen LogP contribution in [0.4, 0.5) is 0 Å². The van der Waals surface area contributed by atoms with Gasteiger partial charge in [0.05, 0.1) is 0 Å². The molecule has 0 fully saturated rings. The normalized spacial score (nSPS) is 17.5. The highest BCUT2D eigenvalue weighted by atomic mass is 15.0. The van der Waals surface area contributed by atoms with E-state index in [0.717, 1.165) is 0 Å². The number of hydrogen-bond acceptors (Lipinski definition) is 2. The van der Waals surface area contributed by atoms with Crippen molar-refractivity contribution in [2.75, 3.05) is 0 Å². The van der Waals surface area contributed by atoms with E-state index in [4.69, 9.17) is 0 Å². The molecular weight excluding hydrogens is 268 g/mol. The molecule has 134 valence electrons. The van der Waals surface area contributed by atoms with Crippen LogP contribution in [0.2, 0.25) is 0 Å². The van der Waals surface area contributed by atoms with Crippen LogP contribution in [0.25, 0.3) is 0 Å². The van der Waals surface area contributed by atoms with Crippen LogP contribution in [0, 0.1) is 10.8 Å². The molecule has 0 heterocycles. The van der Waals surface area contributed by atoms with E-state index in [2.05, 4.69) is 93.7 Å². The third-order valence-electron chi connectivity index (χ3n) is 5.12. The zero-order chi connectivity index (χ0) is 18.0. The molecule has 22 heavy (non-hydrogen) atoms. The van der Waals surface area contributed by atoms with Gasteiger partial charge in [-0.15, -0.1) is 0 Å². The highest BCUT2D eigenvalue weighted by molar-refractivity contribution is 4.91. The smallest absolute Gasteiger partial charge is 0.0128 e. The lowest BCUT2D eigenvalue weighted by atomic mass is 9.76. The Bertz CT molecular complexity index is 329. The first kappa shape index (κ1) is 21.9. The Morgan fingerprint density at radius 1 is 0.636 bits per heavy atom. The van der Waals surface area contributed by atoms with Gasteiger partial charge in [-0.25, -0.2) is 0 Å². The van der Waals surface area contributed by atoms with Crippen molar-refractivity contribution in [2.24, 2.45) is 10.8 Å². The van der Waals surface area contributed by atoms with Gasteiger partial charge in [0.15, 0.2) is 0 Å². The second kappa shape index (κ2) is 7.21. The number of hydrogen-bond donors (Lipinski definition) is 2. The quantitative estimate of drug-likeness (QED) is 0.660. The lowest BCUT2D eigenvalue weighted by Crippen LogP contribution is -2.52. The molecule has 0 aromatic rings. The molecule has 2 N–H and O–H groups in total. The fourth-order valence-electron chi connectivity index (χ4n) is 2.57. The van der Waals surface area contributed by atoms with Gasteiger partial charge >= 0.3 is 0 Å². The summed E-state index contributed by atoms with van der Waals surface area (Å²) in [5.41, 5.74) is 0.932. The van der Waals surface area contributed by atoms with Crippen LogP contribution in [-0.4, -0.2) is 23.2 Å². The Morgan fingerprint density at radius 3 is 1.45 bits per heavy atom. The first-order chi connectivity index (χ1) is 9.46. The minimum atomic E-state index is 0.172. The summed E-state index contributed by atoms with van der Waals surface area (Å²) in [6, 6.07) is 1.01. The summed E-state index contributed by atoms with van der Waals surface area (Å²) >= 11 is 0. The molecule has 0 aliphatic rings. The van der Waals surface area contributed by atoms with Gasteiger partial charge in [0, 0.05) is 23.2 Å². The van der Waals surface area contributed by atoms with E-state index >= 15 is 0 Å². The van der Waals surface area contributed by atoms with Crippen molar-refractivity contribution in [2.45, 2.75) is 119 Å². The molecule has 0 aromatic heterocycles. The predicted octanol–water partition coefficient (Wildman–Crippen LogP) is 5.37. The van der Waals surface area contributed by atoms with Crippen molar-refractivity contribution in [3.8, 4) is 0 Å². The minimum absolute atomic E-state index is 0.172. The van der Waals surface area contributed by atoms with Gasteiger partial charge in [0.2, 0.25) is 0 Å². The Labute approximate surface area is 141 Å². The molecule has 0 radical (unpaired) electrons. The number of nitrogens with one attached hydrogen (secondary N) is 2. The lowest BCUT2D eigenvalue weighted by Gasteiger charge is -2.41. The van der Waals surface area contributed by atoms with E-state index < -0.39 is 0 Å². The predicted molar refractivity (Wildman–Crippen MR) is 101 cm³/mol. The fourth-order valence-corrected chi connectivity index (χ4v) is 2.57. The third kappa shape index (κ3) is 8.53. The van der Waals surface area contributed by atoms with E-state index in [1.807, 2.05) is 0 Å². The summed E-state index contributed by atoms with van der Waals surface area (Å²) in [6.07, 6.45) is 2.41. The Morgan fingerprint density at radius 2 is 1.09 bits per heavy atom. The molecule has 0 saturated heterocycles. The minimum Gasteiger partial charge on any atom is -0.309 e. The maximum absolute atomic E-state index is 3.84. The molecule has 0 unspecified atom stereocenters. The summed E-state index contributed by atoms with van der Waals surface area (Å²) in [7, 11) is 0. The average Bonchev–Trinajstić information content (AvgIpc) is 2.22. The van der Waals surface area contributed by atoms with Gasteiger partial charge in [0.25, 0.3) is 0 Å². The molecule has 0 aliphatic carbocycles. The summed E-state index contributed by atoms with van der Waals surface area (Å²) in [5, 5.41) is 7.58. The standard InChI is InChI=1S/C20H44N2/c1-15(17(3,4)5)22-20(11,12)14-13-19(9,10)16(2)21-18(6,7)8/h15-16,21-22H,13-14H2,1-12H3/t15-,16+/m1/s1. The third-order valence-corrected chi connectivity index (χ3v) is 5.12. The maximum atomic E-state index is 3.84. The van der Waals surface area contributed by atoms with Gasteiger partial charge in [-0.2, -0.15) is 0 Å². The van der Waals surface area contributed by atoms with Crippen molar-refractivity contribution in [1.29, 1.82) is 0 Å². The Balaban J connectivity index is 4.62. The van der Waals surface area contributed by atoms with Gasteiger partial charge in [-0.1, -0.05) is 34.6 Å². The van der Waals surface area contributed by atoms with Crippen molar-refractivity contribution in [3.63, 3.8) is 0 Å². The molecule has 2 atom stereocenters. The molecular formula is C20H44N2. The van der Waals surface area contributed by atoms with Gasteiger partial charge in [0.1, 0.15) is 0 Å². The summed E-state index contributed by atoms with van der Waals surface area (Å²) in [6.45, 7) is 27.7.